The molecule has 0 spiro atoms. The van der Waals surface area contributed by atoms with Crippen LogP contribution in [-0.2, 0) is 10.0 Å². The van der Waals surface area contributed by atoms with E-state index in [9.17, 15) is 8.42 Å². The lowest BCUT2D eigenvalue weighted by Crippen LogP contribution is -2.16. The average Bonchev–Trinajstić information content (AvgIpc) is 2.79. The molecule has 0 aliphatic rings. The van der Waals surface area contributed by atoms with Gasteiger partial charge >= 0.3 is 0 Å². The van der Waals surface area contributed by atoms with Crippen LogP contribution >= 0.6 is 11.5 Å². The largest absolute Gasteiger partial charge is 0.324 e. The van der Waals surface area contributed by atoms with Gasteiger partial charge in [-0.25, -0.2) is 8.42 Å². The fourth-order valence-corrected chi connectivity index (χ4v) is 3.99. The Morgan fingerprint density at radius 2 is 1.89 bits per heavy atom. The van der Waals surface area contributed by atoms with E-state index in [-0.39, 0.29) is 4.90 Å². The number of nitrogens with one attached hydrogen (secondary N) is 2. The molecule has 0 bridgehead atoms. The molecule has 0 aliphatic heterocycles. The number of nitrogens with zero attached hydrogens (tertiary/aromatic N) is 2. The maximum Gasteiger partial charge on any atom is 0.263 e. The second-order valence-electron chi connectivity index (χ2n) is 3.97. The molecule has 2 rings (SSSR count). The lowest BCUT2D eigenvalue weighted by atomic mass is 10.1. The molecule has 0 amide bonds. The van der Waals surface area contributed by atoms with Crippen molar-refractivity contribution in [3.8, 4) is 0 Å². The van der Waals surface area contributed by atoms with E-state index in [1.54, 1.807) is 26.0 Å². The molecule has 0 fully saturated rings. The van der Waals surface area contributed by atoms with E-state index in [0.717, 1.165) is 11.5 Å². The van der Waals surface area contributed by atoms with Crippen LogP contribution in [-0.4, -0.2) is 18.0 Å². The third-order valence-electron chi connectivity index (χ3n) is 2.49. The van der Waals surface area contributed by atoms with Crippen molar-refractivity contribution in [1.29, 1.82) is 0 Å². The molecule has 0 saturated heterocycles. The van der Waals surface area contributed by atoms with Crippen LogP contribution in [0.1, 0.15) is 11.1 Å². The van der Waals surface area contributed by atoms with Crippen LogP contribution in [0.3, 0.4) is 0 Å². The van der Waals surface area contributed by atoms with E-state index in [4.69, 9.17) is 5.84 Å². The molecule has 2 aromatic rings. The highest BCUT2D eigenvalue weighted by Gasteiger charge is 2.21. The van der Waals surface area contributed by atoms with E-state index in [2.05, 4.69) is 19.7 Å². The number of hydrogen-bond donors (Lipinski definition) is 3. The summed E-state index contributed by atoms with van der Waals surface area (Å²) in [7, 11) is -3.66. The van der Waals surface area contributed by atoms with Crippen molar-refractivity contribution in [3.63, 3.8) is 0 Å². The summed E-state index contributed by atoms with van der Waals surface area (Å²) < 4.78 is 30.7. The average molecular weight is 299 g/mol. The number of nitrogen functional groups attached to an aromatic ring is 1. The van der Waals surface area contributed by atoms with Crippen LogP contribution in [0.15, 0.2) is 23.2 Å². The Bertz CT molecular complexity index is 659. The Labute approximate surface area is 115 Å². The zero-order valence-electron chi connectivity index (χ0n) is 10.3. The summed E-state index contributed by atoms with van der Waals surface area (Å²) in [4.78, 5) is 0.236. The molecule has 7 nitrogen and oxygen atoms in total. The van der Waals surface area contributed by atoms with Gasteiger partial charge in [0.25, 0.3) is 10.0 Å². The van der Waals surface area contributed by atoms with Crippen LogP contribution in [0, 0.1) is 13.8 Å². The van der Waals surface area contributed by atoms with Crippen molar-refractivity contribution in [1.82, 2.24) is 9.59 Å². The predicted octanol–water partition coefficient (Wildman–Crippen LogP) is 1.24. The molecule has 0 aliphatic carbocycles. The van der Waals surface area contributed by atoms with Crippen molar-refractivity contribution < 1.29 is 8.42 Å². The first-order valence-electron chi connectivity index (χ1n) is 5.32. The molecule has 0 radical (unpaired) electrons. The van der Waals surface area contributed by atoms with Gasteiger partial charge in [0.2, 0.25) is 0 Å². The second kappa shape index (κ2) is 5.11. The molecule has 19 heavy (non-hydrogen) atoms. The number of aryl methyl sites for hydroxylation is 2. The summed E-state index contributed by atoms with van der Waals surface area (Å²) in [5, 5.41) is 3.96. The lowest BCUT2D eigenvalue weighted by molar-refractivity contribution is 0.600. The molecule has 1 heterocycles. The quantitative estimate of drug-likeness (QED) is 0.579. The zero-order valence-corrected chi connectivity index (χ0v) is 12.0. The van der Waals surface area contributed by atoms with E-state index < -0.39 is 10.0 Å². The summed E-state index contributed by atoms with van der Waals surface area (Å²) in [6.07, 6.45) is 1.36. The maximum atomic E-state index is 12.3. The zero-order chi connectivity index (χ0) is 14.0. The monoisotopic (exact) mass is 299 g/mol. The van der Waals surface area contributed by atoms with Crippen LogP contribution < -0.4 is 16.0 Å². The van der Waals surface area contributed by atoms with Gasteiger partial charge in [0.15, 0.2) is 0 Å². The van der Waals surface area contributed by atoms with Crippen LogP contribution in [0.25, 0.3) is 0 Å². The minimum Gasteiger partial charge on any atom is -0.324 e. The minimum absolute atomic E-state index is 0.236. The first kappa shape index (κ1) is 13.7. The summed E-state index contributed by atoms with van der Waals surface area (Å²) in [6.45, 7) is 3.43. The Hall–Kier alpha value is -1.71. The van der Waals surface area contributed by atoms with Crippen molar-refractivity contribution >= 4 is 32.2 Å². The van der Waals surface area contributed by atoms with Gasteiger partial charge in [-0.2, -0.15) is 0 Å². The standard InChI is InChI=1S/C10H13N5O2S2/c1-6-3-8(13-11)4-7(2)10(6)19(16,17)14-9-5-12-15-18-9/h3-5,13-14H,11H2,1-2H3. The molecule has 9 heteroatoms. The van der Waals surface area contributed by atoms with Gasteiger partial charge in [0.05, 0.1) is 11.1 Å². The molecule has 1 aromatic carbocycles. The number of benzene rings is 1. The van der Waals surface area contributed by atoms with Gasteiger partial charge in [-0.1, -0.05) is 4.49 Å². The molecule has 0 atom stereocenters. The fourth-order valence-electron chi connectivity index (χ4n) is 1.85. The molecular weight excluding hydrogens is 286 g/mol. The predicted molar refractivity (Wildman–Crippen MR) is 74.4 cm³/mol. The van der Waals surface area contributed by atoms with Crippen LogP contribution in [0.4, 0.5) is 10.7 Å². The van der Waals surface area contributed by atoms with Gasteiger partial charge in [-0.3, -0.25) is 10.6 Å². The Morgan fingerprint density at radius 1 is 1.26 bits per heavy atom. The van der Waals surface area contributed by atoms with Gasteiger partial charge in [0, 0.05) is 17.2 Å². The summed E-state index contributed by atoms with van der Waals surface area (Å²) in [5.74, 6) is 5.33. The van der Waals surface area contributed by atoms with Gasteiger partial charge in [-0.05, 0) is 37.1 Å². The Kier molecular flexibility index (Phi) is 3.69. The number of rotatable bonds is 4. The van der Waals surface area contributed by atoms with E-state index in [1.165, 1.54) is 6.20 Å². The number of hydrogen-bond acceptors (Lipinski definition) is 7. The van der Waals surface area contributed by atoms with Gasteiger partial charge in [-0.15, -0.1) is 5.10 Å². The number of hydrazine groups is 1. The van der Waals surface area contributed by atoms with Crippen molar-refractivity contribution in [2.45, 2.75) is 18.7 Å². The summed E-state index contributed by atoms with van der Waals surface area (Å²) in [5.41, 5.74) is 4.38. The van der Waals surface area contributed by atoms with Crippen LogP contribution in [0.2, 0.25) is 0 Å². The molecule has 0 unspecified atom stereocenters. The lowest BCUT2D eigenvalue weighted by Gasteiger charge is -2.13. The molecule has 1 aromatic heterocycles. The van der Waals surface area contributed by atoms with Gasteiger partial charge < -0.3 is 5.43 Å². The smallest absolute Gasteiger partial charge is 0.263 e. The van der Waals surface area contributed by atoms with Crippen molar-refractivity contribution in [2.75, 3.05) is 10.1 Å². The molecular formula is C10H13N5O2S2. The number of sulfonamides is 1. The highest BCUT2D eigenvalue weighted by Crippen LogP contribution is 2.26. The SMILES string of the molecule is Cc1cc(NN)cc(C)c1S(=O)(=O)Nc1cnns1. The third kappa shape index (κ3) is 2.83. The molecule has 0 saturated carbocycles. The number of anilines is 2. The minimum atomic E-state index is -3.66. The number of aromatic nitrogens is 2. The maximum absolute atomic E-state index is 12.3. The third-order valence-corrected chi connectivity index (χ3v) is 4.87. The molecule has 102 valence electrons. The highest BCUT2D eigenvalue weighted by atomic mass is 32.2. The topological polar surface area (TPSA) is 110 Å². The van der Waals surface area contributed by atoms with Gasteiger partial charge in [0.1, 0.15) is 5.00 Å². The Morgan fingerprint density at radius 3 is 2.37 bits per heavy atom. The van der Waals surface area contributed by atoms with Crippen LogP contribution in [0.5, 0.6) is 0 Å². The van der Waals surface area contributed by atoms with Crippen molar-refractivity contribution in [2.24, 2.45) is 5.84 Å². The summed E-state index contributed by atoms with van der Waals surface area (Å²) in [6, 6.07) is 3.35. The summed E-state index contributed by atoms with van der Waals surface area (Å²) >= 11 is 0.980. The first-order valence-corrected chi connectivity index (χ1v) is 7.58. The Balaban J connectivity index is 2.46. The second-order valence-corrected chi connectivity index (χ2v) is 6.38. The van der Waals surface area contributed by atoms with E-state index in [0.29, 0.717) is 21.8 Å². The normalized spacial score (nSPS) is 11.3. The van der Waals surface area contributed by atoms with Crippen molar-refractivity contribution in [3.05, 3.63) is 29.5 Å². The van der Waals surface area contributed by atoms with E-state index >= 15 is 0 Å². The molecule has 4 N–H and O–H groups in total. The van der Waals surface area contributed by atoms with E-state index in [1.807, 2.05) is 0 Å². The highest BCUT2D eigenvalue weighted by molar-refractivity contribution is 7.93. The number of nitrogens with two attached hydrogens (primary N) is 1. The first-order chi connectivity index (χ1) is 8.94. The fraction of sp³-hybridized carbons (Fsp3) is 0.200.